The van der Waals surface area contributed by atoms with Crippen molar-refractivity contribution in [2.45, 2.75) is 32.2 Å². The van der Waals surface area contributed by atoms with Crippen molar-refractivity contribution in [2.75, 3.05) is 20.3 Å². The van der Waals surface area contributed by atoms with Gasteiger partial charge in [0.25, 0.3) is 0 Å². The van der Waals surface area contributed by atoms with Crippen molar-refractivity contribution in [2.24, 2.45) is 11.8 Å². The molecule has 1 aliphatic carbocycles. The predicted octanol–water partition coefficient (Wildman–Crippen LogP) is 2.95. The Morgan fingerprint density at radius 3 is 2.83 bits per heavy atom. The lowest BCUT2D eigenvalue weighted by atomic mass is 9.82. The van der Waals surface area contributed by atoms with Crippen LogP contribution >= 0.6 is 0 Å². The number of carboxylic acid groups (broad SMARTS) is 1. The summed E-state index contributed by atoms with van der Waals surface area (Å²) >= 11 is 0. The largest absolute Gasteiger partial charge is 0.489 e. The van der Waals surface area contributed by atoms with Crippen molar-refractivity contribution in [3.8, 4) is 5.75 Å². The third kappa shape index (κ3) is 3.87. The Hall–Kier alpha value is -2.08. The van der Waals surface area contributed by atoms with E-state index in [0.717, 1.165) is 49.0 Å². The fourth-order valence-corrected chi connectivity index (χ4v) is 3.40. The maximum atomic E-state index is 11.1. The normalized spacial score (nSPS) is 21.0. The van der Waals surface area contributed by atoms with Crippen LogP contribution in [0.15, 0.2) is 24.5 Å². The van der Waals surface area contributed by atoms with Gasteiger partial charge in [-0.05, 0) is 37.7 Å². The molecular weight excluding hydrogens is 308 g/mol. The van der Waals surface area contributed by atoms with E-state index in [4.69, 9.17) is 14.6 Å². The second kappa shape index (κ2) is 7.66. The summed E-state index contributed by atoms with van der Waals surface area (Å²) in [4.78, 5) is 15.5. The number of rotatable bonds is 7. The number of pyridine rings is 1. The molecule has 1 N–H and O–H groups in total. The van der Waals surface area contributed by atoms with Gasteiger partial charge >= 0.3 is 5.97 Å². The topological polar surface area (TPSA) is 73.6 Å². The molecule has 1 aliphatic rings. The summed E-state index contributed by atoms with van der Waals surface area (Å²) in [5, 5.41) is 9.11. The predicted molar refractivity (Wildman–Crippen MR) is 90.2 cm³/mol. The molecule has 6 nitrogen and oxygen atoms in total. The van der Waals surface area contributed by atoms with Gasteiger partial charge in [-0.25, -0.2) is 0 Å². The van der Waals surface area contributed by atoms with Crippen LogP contribution in [-0.2, 0) is 16.1 Å². The van der Waals surface area contributed by atoms with E-state index >= 15 is 0 Å². The zero-order chi connectivity index (χ0) is 16.9. The van der Waals surface area contributed by atoms with Crippen molar-refractivity contribution >= 4 is 17.0 Å². The maximum Gasteiger partial charge on any atom is 0.306 e. The Morgan fingerprint density at radius 2 is 2.12 bits per heavy atom. The van der Waals surface area contributed by atoms with Crippen LogP contribution in [-0.4, -0.2) is 41.0 Å². The van der Waals surface area contributed by atoms with Gasteiger partial charge in [-0.3, -0.25) is 9.78 Å². The quantitative estimate of drug-likeness (QED) is 0.789. The number of methoxy groups -OCH3 is 1. The smallest absolute Gasteiger partial charge is 0.306 e. The van der Waals surface area contributed by atoms with Gasteiger partial charge in [0.1, 0.15) is 12.4 Å². The number of hydrogen-bond donors (Lipinski definition) is 1. The molecule has 0 radical (unpaired) electrons. The van der Waals surface area contributed by atoms with E-state index in [1.165, 1.54) is 0 Å². The molecule has 24 heavy (non-hydrogen) atoms. The van der Waals surface area contributed by atoms with Crippen molar-refractivity contribution in [1.29, 1.82) is 0 Å². The van der Waals surface area contributed by atoms with E-state index in [1.54, 1.807) is 13.3 Å². The molecule has 0 spiro atoms. The van der Waals surface area contributed by atoms with Crippen LogP contribution in [0.5, 0.6) is 5.75 Å². The lowest BCUT2D eigenvalue weighted by Gasteiger charge is -2.26. The highest BCUT2D eigenvalue weighted by molar-refractivity contribution is 5.77. The summed E-state index contributed by atoms with van der Waals surface area (Å²) in [7, 11) is 1.65. The molecule has 1 saturated carbocycles. The number of aliphatic carboxylic acids is 1. The van der Waals surface area contributed by atoms with Crippen LogP contribution in [0.1, 0.15) is 25.7 Å². The van der Waals surface area contributed by atoms with E-state index in [9.17, 15) is 4.79 Å². The molecule has 2 heterocycles. The molecule has 0 amide bonds. The molecule has 0 unspecified atom stereocenters. The number of fused-ring (bicyclic) bond motifs is 1. The first-order chi connectivity index (χ1) is 11.7. The Labute approximate surface area is 141 Å². The second-order valence-electron chi connectivity index (χ2n) is 6.44. The lowest BCUT2D eigenvalue weighted by molar-refractivity contribution is -0.143. The fraction of sp³-hybridized carbons (Fsp3) is 0.556. The van der Waals surface area contributed by atoms with Crippen molar-refractivity contribution < 1.29 is 19.4 Å². The van der Waals surface area contributed by atoms with E-state index in [2.05, 4.69) is 15.7 Å². The summed E-state index contributed by atoms with van der Waals surface area (Å²) in [5.74, 6) is 0.454. The molecule has 2 aromatic rings. The molecule has 0 bridgehead atoms. The summed E-state index contributed by atoms with van der Waals surface area (Å²) in [6.07, 6.45) is 7.29. The summed E-state index contributed by atoms with van der Waals surface area (Å²) in [5.41, 5.74) is 2.01. The van der Waals surface area contributed by atoms with Crippen molar-refractivity contribution in [1.82, 2.24) is 9.55 Å². The van der Waals surface area contributed by atoms with Crippen molar-refractivity contribution in [3.05, 3.63) is 24.5 Å². The first-order valence-electron chi connectivity index (χ1n) is 8.47. The van der Waals surface area contributed by atoms with Crippen LogP contribution in [0.25, 0.3) is 11.0 Å². The number of ether oxygens (including phenoxy) is 2. The van der Waals surface area contributed by atoms with E-state index < -0.39 is 5.97 Å². The van der Waals surface area contributed by atoms with Crippen LogP contribution in [0.2, 0.25) is 0 Å². The van der Waals surface area contributed by atoms with Crippen LogP contribution in [0, 0.1) is 11.8 Å². The molecule has 1 fully saturated rings. The third-order valence-electron chi connectivity index (χ3n) is 4.80. The van der Waals surface area contributed by atoms with Crippen molar-refractivity contribution in [3.63, 3.8) is 0 Å². The first-order valence-corrected chi connectivity index (χ1v) is 8.47. The molecule has 2 aromatic heterocycles. The molecule has 0 saturated heterocycles. The number of hydrogen-bond acceptors (Lipinski definition) is 4. The zero-order valence-electron chi connectivity index (χ0n) is 14.0. The van der Waals surface area contributed by atoms with Gasteiger partial charge in [0.2, 0.25) is 0 Å². The average Bonchev–Trinajstić information content (AvgIpc) is 2.98. The van der Waals surface area contributed by atoms with Gasteiger partial charge in [-0.15, -0.1) is 0 Å². The molecular formula is C18H24N2O4. The molecule has 0 aromatic carbocycles. The molecule has 6 heteroatoms. The molecule has 0 aliphatic heterocycles. The van der Waals surface area contributed by atoms with Gasteiger partial charge in [0.15, 0.2) is 0 Å². The molecule has 130 valence electrons. The third-order valence-corrected chi connectivity index (χ3v) is 4.80. The Morgan fingerprint density at radius 1 is 1.33 bits per heavy atom. The zero-order valence-corrected chi connectivity index (χ0v) is 14.0. The Balaban J connectivity index is 1.66. The summed E-state index contributed by atoms with van der Waals surface area (Å²) in [6, 6.07) is 4.03. The van der Waals surface area contributed by atoms with Gasteiger partial charge < -0.3 is 19.1 Å². The summed E-state index contributed by atoms with van der Waals surface area (Å²) in [6.45, 7) is 1.95. The maximum absolute atomic E-state index is 11.1. The number of carboxylic acids is 1. The molecule has 0 atom stereocenters. The minimum Gasteiger partial charge on any atom is -0.489 e. The van der Waals surface area contributed by atoms with E-state index in [-0.39, 0.29) is 5.92 Å². The average molecular weight is 332 g/mol. The van der Waals surface area contributed by atoms with E-state index in [0.29, 0.717) is 19.1 Å². The highest BCUT2D eigenvalue weighted by Gasteiger charge is 2.26. The van der Waals surface area contributed by atoms with Gasteiger partial charge in [-0.1, -0.05) is 0 Å². The van der Waals surface area contributed by atoms with Crippen LogP contribution < -0.4 is 4.74 Å². The molecule has 3 rings (SSSR count). The minimum absolute atomic E-state index is 0.162. The first kappa shape index (κ1) is 16.8. The van der Waals surface area contributed by atoms with Gasteiger partial charge in [0, 0.05) is 25.9 Å². The highest BCUT2D eigenvalue weighted by atomic mass is 16.5. The highest BCUT2D eigenvalue weighted by Crippen LogP contribution is 2.31. The minimum atomic E-state index is -0.651. The fourth-order valence-electron chi connectivity index (χ4n) is 3.40. The summed E-state index contributed by atoms with van der Waals surface area (Å²) < 4.78 is 12.8. The van der Waals surface area contributed by atoms with Crippen LogP contribution in [0.3, 0.4) is 0 Å². The van der Waals surface area contributed by atoms with Crippen LogP contribution in [0.4, 0.5) is 0 Å². The van der Waals surface area contributed by atoms with Gasteiger partial charge in [0.05, 0.1) is 29.8 Å². The monoisotopic (exact) mass is 332 g/mol. The standard InChI is InChI=1S/C18H24N2O4/c1-23-8-9-24-15-10-17-16(19-11-15)6-7-20(17)12-13-2-4-14(5-3-13)18(21)22/h6-7,10-11,13-14H,2-5,8-9,12H2,1H3,(H,21,22)/t13-,14-. The Bertz CT molecular complexity index is 689. The van der Waals surface area contributed by atoms with E-state index in [1.807, 2.05) is 12.1 Å². The number of aromatic nitrogens is 2. The second-order valence-corrected chi connectivity index (χ2v) is 6.44. The Kier molecular flexibility index (Phi) is 5.35. The van der Waals surface area contributed by atoms with Gasteiger partial charge in [-0.2, -0.15) is 0 Å². The SMILES string of the molecule is COCCOc1cnc2ccn(C[C@H]3CC[C@H](C(=O)O)CC3)c2c1. The lowest BCUT2D eigenvalue weighted by Crippen LogP contribution is -2.23. The number of nitrogens with zero attached hydrogens (tertiary/aromatic N) is 2. The number of carbonyl (C=O) groups is 1.